The van der Waals surface area contributed by atoms with Gasteiger partial charge in [-0.05, 0) is 40.6 Å². The molecule has 0 aromatic heterocycles. The summed E-state index contributed by atoms with van der Waals surface area (Å²) in [4.78, 5) is 0. The molecule has 0 saturated heterocycles. The fraction of sp³-hybridized carbons (Fsp3) is 0.111. The number of fused-ring (bicyclic) bond motifs is 1. The lowest BCUT2D eigenvalue weighted by atomic mass is 10.1. The smallest absolute Gasteiger partial charge is 0.141 e. The van der Waals surface area contributed by atoms with Crippen LogP contribution in [0.4, 0.5) is 5.69 Å². The van der Waals surface area contributed by atoms with E-state index in [0.29, 0.717) is 18.0 Å². The molecular formula is C18H17NO2. The molecule has 0 radical (unpaired) electrons. The molecule has 0 spiro atoms. The van der Waals surface area contributed by atoms with Gasteiger partial charge in [0.15, 0.2) is 0 Å². The molecule has 3 rings (SSSR count). The van der Waals surface area contributed by atoms with Gasteiger partial charge in [0, 0.05) is 0 Å². The Labute approximate surface area is 123 Å². The van der Waals surface area contributed by atoms with E-state index < -0.39 is 0 Å². The van der Waals surface area contributed by atoms with Crippen molar-refractivity contribution in [3.05, 3.63) is 66.2 Å². The number of rotatable bonds is 4. The summed E-state index contributed by atoms with van der Waals surface area (Å²) < 4.78 is 11.0. The first kappa shape index (κ1) is 13.3. The van der Waals surface area contributed by atoms with Crippen LogP contribution < -0.4 is 15.2 Å². The van der Waals surface area contributed by atoms with Gasteiger partial charge in [-0.2, -0.15) is 0 Å². The van der Waals surface area contributed by atoms with Crippen LogP contribution in [0.1, 0.15) is 5.56 Å². The summed E-state index contributed by atoms with van der Waals surface area (Å²) in [7, 11) is 1.61. The summed E-state index contributed by atoms with van der Waals surface area (Å²) >= 11 is 0. The second kappa shape index (κ2) is 5.75. The highest BCUT2D eigenvalue weighted by Crippen LogP contribution is 2.24. The van der Waals surface area contributed by atoms with E-state index in [0.717, 1.165) is 11.3 Å². The maximum Gasteiger partial charge on any atom is 0.141 e. The summed E-state index contributed by atoms with van der Waals surface area (Å²) in [6.07, 6.45) is 0. The predicted octanol–water partition coefficient (Wildman–Crippen LogP) is 4.01. The number of nitrogen functional groups attached to an aromatic ring is 1. The molecule has 0 saturated carbocycles. The van der Waals surface area contributed by atoms with E-state index in [4.69, 9.17) is 15.2 Å². The Balaban J connectivity index is 1.75. The number of ether oxygens (including phenoxy) is 2. The summed E-state index contributed by atoms with van der Waals surface area (Å²) in [5.41, 5.74) is 7.53. The van der Waals surface area contributed by atoms with Crippen LogP contribution in [0, 0.1) is 0 Å². The molecule has 0 bridgehead atoms. The first-order valence-corrected chi connectivity index (χ1v) is 6.80. The van der Waals surface area contributed by atoms with E-state index in [9.17, 15) is 0 Å². The summed E-state index contributed by atoms with van der Waals surface area (Å²) in [6, 6.07) is 20.0. The Kier molecular flexibility index (Phi) is 3.65. The van der Waals surface area contributed by atoms with Crippen LogP contribution in [-0.4, -0.2) is 7.11 Å². The molecule has 0 aliphatic rings. The highest BCUT2D eigenvalue weighted by Gasteiger charge is 2.02. The minimum absolute atomic E-state index is 0.479. The Morgan fingerprint density at radius 1 is 0.905 bits per heavy atom. The maximum absolute atomic E-state index is 5.89. The minimum atomic E-state index is 0.479. The molecule has 2 N–H and O–H groups in total. The zero-order valence-electron chi connectivity index (χ0n) is 11.9. The van der Waals surface area contributed by atoms with Crippen molar-refractivity contribution in [1.82, 2.24) is 0 Å². The largest absolute Gasteiger partial charge is 0.495 e. The Hall–Kier alpha value is -2.68. The molecule has 0 fully saturated rings. The van der Waals surface area contributed by atoms with E-state index in [2.05, 4.69) is 18.2 Å². The molecule has 3 heteroatoms. The van der Waals surface area contributed by atoms with Crippen molar-refractivity contribution in [2.45, 2.75) is 6.61 Å². The van der Waals surface area contributed by atoms with Gasteiger partial charge in [0.05, 0.1) is 12.8 Å². The molecule has 0 unspecified atom stereocenters. The van der Waals surface area contributed by atoms with Crippen molar-refractivity contribution in [1.29, 1.82) is 0 Å². The van der Waals surface area contributed by atoms with E-state index in [1.807, 2.05) is 42.5 Å². The average molecular weight is 279 g/mol. The Bertz CT molecular complexity index is 768. The van der Waals surface area contributed by atoms with Crippen molar-refractivity contribution < 1.29 is 9.47 Å². The standard InChI is InChI=1S/C18H17NO2/c1-20-18-9-6-13(10-17(18)19)12-21-16-8-7-14-4-2-3-5-15(14)11-16/h2-11H,12,19H2,1H3. The number of hydrogen-bond donors (Lipinski definition) is 1. The zero-order valence-corrected chi connectivity index (χ0v) is 11.9. The first-order chi connectivity index (χ1) is 10.3. The number of anilines is 1. The molecule has 106 valence electrons. The summed E-state index contributed by atoms with van der Waals surface area (Å²) in [5, 5.41) is 2.38. The van der Waals surface area contributed by atoms with E-state index in [-0.39, 0.29) is 0 Å². The summed E-state index contributed by atoms with van der Waals surface area (Å²) in [5.74, 6) is 1.53. The van der Waals surface area contributed by atoms with Gasteiger partial charge in [0.2, 0.25) is 0 Å². The first-order valence-electron chi connectivity index (χ1n) is 6.80. The highest BCUT2D eigenvalue weighted by atomic mass is 16.5. The average Bonchev–Trinajstić information content (AvgIpc) is 2.53. The molecular weight excluding hydrogens is 262 g/mol. The van der Waals surface area contributed by atoms with Gasteiger partial charge in [-0.25, -0.2) is 0 Å². The predicted molar refractivity (Wildman–Crippen MR) is 85.7 cm³/mol. The topological polar surface area (TPSA) is 44.5 Å². The third-order valence-corrected chi connectivity index (χ3v) is 3.42. The molecule has 3 nitrogen and oxygen atoms in total. The molecule has 3 aromatic rings. The van der Waals surface area contributed by atoms with Gasteiger partial charge in [-0.15, -0.1) is 0 Å². The van der Waals surface area contributed by atoms with Crippen LogP contribution in [0.25, 0.3) is 10.8 Å². The number of nitrogens with two attached hydrogens (primary N) is 1. The van der Waals surface area contributed by atoms with Crippen molar-refractivity contribution in [3.8, 4) is 11.5 Å². The third-order valence-electron chi connectivity index (χ3n) is 3.42. The minimum Gasteiger partial charge on any atom is -0.495 e. The lowest BCUT2D eigenvalue weighted by molar-refractivity contribution is 0.306. The van der Waals surface area contributed by atoms with E-state index >= 15 is 0 Å². The molecule has 0 atom stereocenters. The second-order valence-corrected chi connectivity index (χ2v) is 4.87. The lowest BCUT2D eigenvalue weighted by Gasteiger charge is -2.10. The Morgan fingerprint density at radius 2 is 1.71 bits per heavy atom. The molecule has 0 amide bonds. The molecule has 21 heavy (non-hydrogen) atoms. The quantitative estimate of drug-likeness (QED) is 0.734. The molecule has 3 aromatic carbocycles. The highest BCUT2D eigenvalue weighted by molar-refractivity contribution is 5.83. The van der Waals surface area contributed by atoms with E-state index in [1.165, 1.54) is 10.8 Å². The fourth-order valence-electron chi connectivity index (χ4n) is 2.30. The molecule has 0 heterocycles. The number of methoxy groups -OCH3 is 1. The van der Waals surface area contributed by atoms with Gasteiger partial charge in [0.1, 0.15) is 18.1 Å². The van der Waals surface area contributed by atoms with Gasteiger partial charge >= 0.3 is 0 Å². The number of hydrogen-bond acceptors (Lipinski definition) is 3. The van der Waals surface area contributed by atoms with Gasteiger partial charge in [0.25, 0.3) is 0 Å². The van der Waals surface area contributed by atoms with E-state index in [1.54, 1.807) is 7.11 Å². The second-order valence-electron chi connectivity index (χ2n) is 4.87. The van der Waals surface area contributed by atoms with Crippen molar-refractivity contribution >= 4 is 16.5 Å². The maximum atomic E-state index is 5.89. The van der Waals surface area contributed by atoms with Gasteiger partial charge < -0.3 is 15.2 Å². The monoisotopic (exact) mass is 279 g/mol. The number of benzene rings is 3. The third kappa shape index (κ3) is 2.92. The normalized spacial score (nSPS) is 10.5. The molecule has 0 aliphatic carbocycles. The fourth-order valence-corrected chi connectivity index (χ4v) is 2.30. The van der Waals surface area contributed by atoms with Crippen LogP contribution in [-0.2, 0) is 6.61 Å². The lowest BCUT2D eigenvalue weighted by Crippen LogP contribution is -1.98. The Morgan fingerprint density at radius 3 is 2.48 bits per heavy atom. The van der Waals surface area contributed by atoms with Crippen LogP contribution in [0.2, 0.25) is 0 Å². The van der Waals surface area contributed by atoms with Crippen molar-refractivity contribution in [3.63, 3.8) is 0 Å². The summed E-state index contributed by atoms with van der Waals surface area (Å²) in [6.45, 7) is 0.479. The van der Waals surface area contributed by atoms with Crippen LogP contribution in [0.3, 0.4) is 0 Å². The van der Waals surface area contributed by atoms with Crippen LogP contribution in [0.15, 0.2) is 60.7 Å². The molecule has 0 aliphatic heterocycles. The zero-order chi connectivity index (χ0) is 14.7. The van der Waals surface area contributed by atoms with Crippen molar-refractivity contribution in [2.24, 2.45) is 0 Å². The van der Waals surface area contributed by atoms with Crippen molar-refractivity contribution in [2.75, 3.05) is 12.8 Å². The van der Waals surface area contributed by atoms with Crippen LogP contribution >= 0.6 is 0 Å². The van der Waals surface area contributed by atoms with Gasteiger partial charge in [-0.1, -0.05) is 36.4 Å². The SMILES string of the molecule is COc1ccc(COc2ccc3ccccc3c2)cc1N. The van der Waals surface area contributed by atoms with Crippen LogP contribution in [0.5, 0.6) is 11.5 Å². The van der Waals surface area contributed by atoms with Gasteiger partial charge in [-0.3, -0.25) is 0 Å².